The molecule has 17 heavy (non-hydrogen) atoms. The van der Waals surface area contributed by atoms with E-state index in [4.69, 9.17) is 5.11 Å². The summed E-state index contributed by atoms with van der Waals surface area (Å²) in [5.41, 5.74) is 0.536. The van der Waals surface area contributed by atoms with E-state index < -0.39 is 5.97 Å². The highest BCUT2D eigenvalue weighted by molar-refractivity contribution is 7.07. The van der Waals surface area contributed by atoms with E-state index in [1.807, 2.05) is 0 Å². The van der Waals surface area contributed by atoms with Gasteiger partial charge in [0.2, 0.25) is 0 Å². The van der Waals surface area contributed by atoms with Gasteiger partial charge < -0.3 is 10.4 Å². The zero-order valence-corrected chi connectivity index (χ0v) is 9.27. The van der Waals surface area contributed by atoms with Gasteiger partial charge in [-0.2, -0.15) is 0 Å². The van der Waals surface area contributed by atoms with Crippen LogP contribution < -0.4 is 5.32 Å². The molecule has 0 fully saturated rings. The van der Waals surface area contributed by atoms with Crippen molar-refractivity contribution in [1.82, 2.24) is 9.59 Å². The maximum Gasteiger partial charge on any atom is 0.335 e. The predicted octanol–water partition coefficient (Wildman–Crippen LogP) is 1.49. The molecule has 2 rings (SSSR count). The molecule has 1 aromatic heterocycles. The van der Waals surface area contributed by atoms with Gasteiger partial charge in [-0.05, 0) is 29.7 Å². The third-order valence-corrected chi connectivity index (χ3v) is 2.62. The lowest BCUT2D eigenvalue weighted by Gasteiger charge is -2.03. The molecule has 0 bridgehead atoms. The molecule has 86 valence electrons. The van der Waals surface area contributed by atoms with Gasteiger partial charge >= 0.3 is 5.97 Å². The van der Waals surface area contributed by atoms with E-state index in [1.54, 1.807) is 12.1 Å². The summed E-state index contributed by atoms with van der Waals surface area (Å²) < 4.78 is 3.57. The molecule has 0 saturated heterocycles. The molecular weight excluding hydrogens is 242 g/mol. The molecule has 0 atom stereocenters. The topological polar surface area (TPSA) is 92.2 Å². The lowest BCUT2D eigenvalue weighted by atomic mass is 10.2. The highest BCUT2D eigenvalue weighted by Crippen LogP contribution is 2.13. The number of hydrogen-bond donors (Lipinski definition) is 2. The SMILES string of the molecule is O=C(O)c1cccc(NC(=O)c2cnns2)c1. The second kappa shape index (κ2) is 4.71. The van der Waals surface area contributed by atoms with Crippen LogP contribution in [0.2, 0.25) is 0 Å². The van der Waals surface area contributed by atoms with E-state index in [0.717, 1.165) is 11.5 Å². The summed E-state index contributed by atoms with van der Waals surface area (Å²) in [6.45, 7) is 0. The van der Waals surface area contributed by atoms with Gasteiger partial charge in [0.1, 0.15) is 4.88 Å². The smallest absolute Gasteiger partial charge is 0.335 e. The fourth-order valence-electron chi connectivity index (χ4n) is 1.19. The number of rotatable bonds is 3. The number of aromatic carboxylic acids is 1. The molecule has 0 aliphatic heterocycles. The van der Waals surface area contributed by atoms with E-state index >= 15 is 0 Å². The second-order valence-corrected chi connectivity index (χ2v) is 3.91. The fourth-order valence-corrected chi connectivity index (χ4v) is 1.60. The summed E-state index contributed by atoms with van der Waals surface area (Å²) in [4.78, 5) is 22.7. The first-order valence-electron chi connectivity index (χ1n) is 4.59. The van der Waals surface area contributed by atoms with Crippen LogP contribution in [0.15, 0.2) is 30.5 Å². The Kier molecular flexibility index (Phi) is 3.10. The summed E-state index contributed by atoms with van der Waals surface area (Å²) in [5, 5.41) is 14.9. The van der Waals surface area contributed by atoms with Gasteiger partial charge in [0.25, 0.3) is 5.91 Å². The monoisotopic (exact) mass is 249 g/mol. The lowest BCUT2D eigenvalue weighted by Crippen LogP contribution is -2.10. The van der Waals surface area contributed by atoms with Gasteiger partial charge in [-0.1, -0.05) is 10.6 Å². The van der Waals surface area contributed by atoms with Gasteiger partial charge in [0.15, 0.2) is 0 Å². The molecule has 0 aliphatic carbocycles. The number of hydrogen-bond acceptors (Lipinski definition) is 5. The van der Waals surface area contributed by atoms with E-state index in [0.29, 0.717) is 10.6 Å². The molecule has 0 unspecified atom stereocenters. The third-order valence-electron chi connectivity index (χ3n) is 1.95. The highest BCUT2D eigenvalue weighted by atomic mass is 32.1. The minimum absolute atomic E-state index is 0.116. The molecule has 2 N–H and O–H groups in total. The van der Waals surface area contributed by atoms with Gasteiger partial charge in [-0.25, -0.2) is 4.79 Å². The van der Waals surface area contributed by atoms with E-state index in [9.17, 15) is 9.59 Å². The van der Waals surface area contributed by atoms with Crippen molar-refractivity contribution in [3.63, 3.8) is 0 Å². The predicted molar refractivity (Wildman–Crippen MR) is 61.3 cm³/mol. The fraction of sp³-hybridized carbons (Fsp3) is 0. The number of aromatic nitrogens is 2. The Hall–Kier alpha value is -2.28. The Labute approximate surface area is 100 Å². The number of amides is 1. The minimum atomic E-state index is -1.04. The zero-order chi connectivity index (χ0) is 12.3. The van der Waals surface area contributed by atoms with Crippen molar-refractivity contribution in [1.29, 1.82) is 0 Å². The number of anilines is 1. The van der Waals surface area contributed by atoms with Crippen molar-refractivity contribution in [2.24, 2.45) is 0 Å². The van der Waals surface area contributed by atoms with Crippen LogP contribution in [-0.4, -0.2) is 26.6 Å². The Morgan fingerprint density at radius 2 is 2.18 bits per heavy atom. The lowest BCUT2D eigenvalue weighted by molar-refractivity contribution is 0.0696. The maximum absolute atomic E-state index is 11.6. The largest absolute Gasteiger partial charge is 0.478 e. The first-order chi connectivity index (χ1) is 8.16. The first kappa shape index (κ1) is 11.2. The van der Waals surface area contributed by atoms with Gasteiger partial charge in [-0.3, -0.25) is 4.79 Å². The minimum Gasteiger partial charge on any atom is -0.478 e. The number of benzene rings is 1. The normalized spacial score (nSPS) is 9.88. The molecule has 6 nitrogen and oxygen atoms in total. The summed E-state index contributed by atoms with van der Waals surface area (Å²) in [7, 11) is 0. The Morgan fingerprint density at radius 3 is 2.82 bits per heavy atom. The molecule has 2 aromatic rings. The molecule has 1 aromatic carbocycles. The van der Waals surface area contributed by atoms with Crippen LogP contribution in [-0.2, 0) is 0 Å². The standard InChI is InChI=1S/C10H7N3O3S/c14-9(8-5-11-13-17-8)12-7-3-1-2-6(4-7)10(15)16/h1-5H,(H,12,14)(H,15,16). The molecular formula is C10H7N3O3S. The van der Waals surface area contributed by atoms with Crippen molar-refractivity contribution in [2.45, 2.75) is 0 Å². The Morgan fingerprint density at radius 1 is 1.35 bits per heavy atom. The zero-order valence-electron chi connectivity index (χ0n) is 8.45. The van der Waals surface area contributed by atoms with Crippen LogP contribution in [0.25, 0.3) is 0 Å². The molecule has 7 heteroatoms. The van der Waals surface area contributed by atoms with Crippen molar-refractivity contribution in [3.8, 4) is 0 Å². The van der Waals surface area contributed by atoms with Gasteiger partial charge in [-0.15, -0.1) is 5.10 Å². The highest BCUT2D eigenvalue weighted by Gasteiger charge is 2.10. The van der Waals surface area contributed by atoms with E-state index in [1.165, 1.54) is 18.3 Å². The van der Waals surface area contributed by atoms with Crippen molar-refractivity contribution in [2.75, 3.05) is 5.32 Å². The second-order valence-electron chi connectivity index (χ2n) is 3.12. The molecule has 0 radical (unpaired) electrons. The Balaban J connectivity index is 2.16. The summed E-state index contributed by atoms with van der Waals surface area (Å²) in [5.74, 6) is -1.40. The molecule has 1 amide bonds. The number of carboxylic acid groups (broad SMARTS) is 1. The van der Waals surface area contributed by atoms with E-state index in [-0.39, 0.29) is 11.5 Å². The Bertz CT molecular complexity index is 554. The third kappa shape index (κ3) is 2.64. The molecule has 0 spiro atoms. The van der Waals surface area contributed by atoms with Gasteiger partial charge in [0.05, 0.1) is 11.8 Å². The number of nitrogens with zero attached hydrogens (tertiary/aromatic N) is 2. The summed E-state index contributed by atoms with van der Waals surface area (Å²) >= 11 is 0.971. The van der Waals surface area contributed by atoms with Crippen LogP contribution in [0.4, 0.5) is 5.69 Å². The van der Waals surface area contributed by atoms with Gasteiger partial charge in [0, 0.05) is 5.69 Å². The van der Waals surface area contributed by atoms with Crippen LogP contribution in [0.5, 0.6) is 0 Å². The quantitative estimate of drug-likeness (QED) is 0.859. The first-order valence-corrected chi connectivity index (χ1v) is 5.36. The molecule has 1 heterocycles. The van der Waals surface area contributed by atoms with Crippen LogP contribution >= 0.6 is 11.5 Å². The number of carboxylic acids is 1. The van der Waals surface area contributed by atoms with Crippen molar-refractivity contribution >= 4 is 29.1 Å². The molecule has 0 saturated carbocycles. The number of carbonyl (C=O) groups excluding carboxylic acids is 1. The number of carbonyl (C=O) groups is 2. The number of nitrogens with one attached hydrogen (secondary N) is 1. The summed E-state index contributed by atoms with van der Waals surface area (Å²) in [6.07, 6.45) is 1.35. The average Bonchev–Trinajstić information content (AvgIpc) is 2.82. The molecule has 0 aliphatic rings. The van der Waals surface area contributed by atoms with E-state index in [2.05, 4.69) is 14.9 Å². The summed E-state index contributed by atoms with van der Waals surface area (Å²) in [6, 6.07) is 6.00. The average molecular weight is 249 g/mol. The van der Waals surface area contributed by atoms with Crippen LogP contribution in [0, 0.1) is 0 Å². The van der Waals surface area contributed by atoms with Crippen molar-refractivity contribution < 1.29 is 14.7 Å². The maximum atomic E-state index is 11.6. The van der Waals surface area contributed by atoms with Crippen LogP contribution in [0.1, 0.15) is 20.0 Å². The van der Waals surface area contributed by atoms with Crippen molar-refractivity contribution in [3.05, 3.63) is 40.9 Å². The van der Waals surface area contributed by atoms with Crippen LogP contribution in [0.3, 0.4) is 0 Å².